The Bertz CT molecular complexity index is 1050. The van der Waals surface area contributed by atoms with Gasteiger partial charge in [0, 0.05) is 47.7 Å². The number of methoxy groups -OCH3 is 1. The first kappa shape index (κ1) is 24.6. The van der Waals surface area contributed by atoms with E-state index >= 15 is 0 Å². The van der Waals surface area contributed by atoms with E-state index in [-0.39, 0.29) is 59.0 Å². The number of Topliss-reactive ketones (excluding diaryl/α,β-unsaturated/α-hetero) is 2. The number of hydrogen-bond acceptors (Lipinski definition) is 6. The van der Waals surface area contributed by atoms with Crippen molar-refractivity contribution in [2.45, 2.75) is 97.8 Å². The Balaban J connectivity index is 1.56. The van der Waals surface area contributed by atoms with Crippen molar-refractivity contribution < 1.29 is 23.9 Å². The predicted octanol–water partition coefficient (Wildman–Crippen LogP) is 4.91. The van der Waals surface area contributed by atoms with Crippen molar-refractivity contribution in [2.24, 2.45) is 45.8 Å². The van der Waals surface area contributed by atoms with Gasteiger partial charge in [0.15, 0.2) is 0 Å². The van der Waals surface area contributed by atoms with Crippen molar-refractivity contribution in [3.05, 3.63) is 11.8 Å². The fraction of sp³-hybridized carbons (Fsp3) is 0.833. The molecule has 0 N–H and O–H groups in total. The van der Waals surface area contributed by atoms with Crippen LogP contribution in [0.2, 0.25) is 0 Å². The van der Waals surface area contributed by atoms with Gasteiger partial charge in [0.2, 0.25) is 0 Å². The van der Waals surface area contributed by atoms with Crippen LogP contribution in [0.15, 0.2) is 11.8 Å². The third-order valence-electron chi connectivity index (χ3n) is 11.8. The average molecular weight is 498 g/mol. The fourth-order valence-electron chi connectivity index (χ4n) is 10.2. The first-order valence-corrected chi connectivity index (χ1v) is 14.2. The molecule has 3 aliphatic carbocycles. The number of allylic oxidation sites excluding steroid dienone is 2. The molecule has 10 atom stereocenters. The third kappa shape index (κ3) is 3.03. The normalized spacial score (nSPS) is 51.5. The molecule has 5 fully saturated rings. The maximum absolute atomic E-state index is 14.1. The molecule has 2 bridgehead atoms. The number of ether oxygens (including phenoxy) is 2. The Morgan fingerprint density at radius 1 is 1.08 bits per heavy atom. The SMILES string of the molecule is COC(=O)CC1(C)C2C(=O)CC3C(=O)CC(C)CC3C2(C)C=C2N3CC4CC(C)CC3(CCC21C)O4. The quantitative estimate of drug-likeness (QED) is 0.505. The molecule has 1 spiro atoms. The van der Waals surface area contributed by atoms with Gasteiger partial charge in [0.1, 0.15) is 17.3 Å². The van der Waals surface area contributed by atoms with Gasteiger partial charge in [-0.25, -0.2) is 0 Å². The van der Waals surface area contributed by atoms with E-state index in [1.54, 1.807) is 0 Å². The van der Waals surface area contributed by atoms with Crippen LogP contribution in [-0.4, -0.2) is 47.9 Å². The van der Waals surface area contributed by atoms with Crippen molar-refractivity contribution >= 4 is 17.5 Å². The molecule has 6 nitrogen and oxygen atoms in total. The Morgan fingerprint density at radius 3 is 2.56 bits per heavy atom. The Kier molecular flexibility index (Phi) is 5.25. The minimum absolute atomic E-state index is 0.116. The summed E-state index contributed by atoms with van der Waals surface area (Å²) in [7, 11) is 1.45. The number of hydrogen-bond donors (Lipinski definition) is 0. The van der Waals surface area contributed by atoms with Crippen molar-refractivity contribution in [2.75, 3.05) is 13.7 Å². The Hall–Kier alpha value is -1.69. The number of esters is 1. The Labute approximate surface area is 215 Å². The molecular weight excluding hydrogens is 454 g/mol. The highest BCUT2D eigenvalue weighted by molar-refractivity contribution is 5.93. The van der Waals surface area contributed by atoms with Crippen LogP contribution < -0.4 is 0 Å². The van der Waals surface area contributed by atoms with Gasteiger partial charge in [-0.1, -0.05) is 40.7 Å². The molecule has 6 rings (SSSR count). The second-order valence-electron chi connectivity index (χ2n) is 14.1. The van der Waals surface area contributed by atoms with Crippen molar-refractivity contribution in [3.63, 3.8) is 0 Å². The topological polar surface area (TPSA) is 72.9 Å². The maximum Gasteiger partial charge on any atom is 0.306 e. The van der Waals surface area contributed by atoms with Gasteiger partial charge in [-0.3, -0.25) is 14.4 Å². The summed E-state index contributed by atoms with van der Waals surface area (Å²) in [5.41, 5.74) is -0.462. The zero-order valence-electron chi connectivity index (χ0n) is 22.9. The van der Waals surface area contributed by atoms with Crippen LogP contribution in [-0.2, 0) is 23.9 Å². The number of nitrogens with zero attached hydrogens (tertiary/aromatic N) is 1. The van der Waals surface area contributed by atoms with Crippen molar-refractivity contribution in [3.8, 4) is 0 Å². The first-order chi connectivity index (χ1) is 16.9. The number of carbonyl (C=O) groups excluding carboxylic acids is 3. The minimum Gasteiger partial charge on any atom is -0.469 e. The summed E-state index contributed by atoms with van der Waals surface area (Å²) in [4.78, 5) is 42.8. The lowest BCUT2D eigenvalue weighted by molar-refractivity contribution is -0.199. The molecule has 6 heteroatoms. The van der Waals surface area contributed by atoms with E-state index in [9.17, 15) is 14.4 Å². The summed E-state index contributed by atoms with van der Waals surface area (Å²) in [6, 6.07) is 0. The smallest absolute Gasteiger partial charge is 0.306 e. The molecule has 3 saturated heterocycles. The number of rotatable bonds is 2. The molecule has 198 valence electrons. The summed E-state index contributed by atoms with van der Waals surface area (Å²) < 4.78 is 12.0. The molecule has 0 radical (unpaired) electrons. The van der Waals surface area contributed by atoms with Crippen LogP contribution in [0, 0.1) is 45.8 Å². The lowest BCUT2D eigenvalue weighted by atomic mass is 9.38. The van der Waals surface area contributed by atoms with E-state index in [0.29, 0.717) is 24.7 Å². The molecule has 36 heavy (non-hydrogen) atoms. The van der Waals surface area contributed by atoms with E-state index in [2.05, 4.69) is 45.6 Å². The van der Waals surface area contributed by atoms with E-state index in [1.165, 1.54) is 12.8 Å². The molecule has 0 aromatic heterocycles. The number of fused-ring (bicyclic) bond motifs is 6. The van der Waals surface area contributed by atoms with Crippen LogP contribution in [0.4, 0.5) is 0 Å². The summed E-state index contributed by atoms with van der Waals surface area (Å²) in [5, 5.41) is 0. The zero-order valence-corrected chi connectivity index (χ0v) is 22.9. The molecule has 3 aliphatic heterocycles. The highest BCUT2D eigenvalue weighted by Gasteiger charge is 2.71. The van der Waals surface area contributed by atoms with E-state index < -0.39 is 10.8 Å². The highest BCUT2D eigenvalue weighted by Crippen LogP contribution is 2.72. The molecular formula is C30H43NO5. The lowest BCUT2D eigenvalue weighted by Gasteiger charge is -2.67. The van der Waals surface area contributed by atoms with Crippen LogP contribution in [0.3, 0.4) is 0 Å². The second kappa shape index (κ2) is 7.68. The number of piperidine rings is 1. The van der Waals surface area contributed by atoms with Gasteiger partial charge >= 0.3 is 5.97 Å². The average Bonchev–Trinajstić information content (AvgIpc) is 3.06. The van der Waals surface area contributed by atoms with Gasteiger partial charge in [0.05, 0.1) is 19.6 Å². The van der Waals surface area contributed by atoms with Crippen molar-refractivity contribution in [1.29, 1.82) is 0 Å². The van der Waals surface area contributed by atoms with Gasteiger partial charge in [-0.05, 0) is 55.3 Å². The lowest BCUT2D eigenvalue weighted by Crippen LogP contribution is -2.67. The van der Waals surface area contributed by atoms with Gasteiger partial charge in [0.25, 0.3) is 0 Å². The monoisotopic (exact) mass is 497 g/mol. The minimum atomic E-state index is -0.603. The maximum atomic E-state index is 14.1. The Morgan fingerprint density at radius 2 is 1.83 bits per heavy atom. The molecule has 0 aromatic rings. The standard InChI is InChI=1S/C30H43NO5/c1-17-10-21-20(22(32)11-17)12-23(33)26-27(21,3)14-24-28(4,29(26,5)15-25(34)35-6)7-8-30-13-18(2)9-19(36-30)16-31(24)30/h14,17-21,26H,7-13,15-16H2,1-6H3. The third-order valence-corrected chi connectivity index (χ3v) is 11.8. The van der Waals surface area contributed by atoms with Crippen LogP contribution in [0.5, 0.6) is 0 Å². The molecule has 3 heterocycles. The molecule has 0 amide bonds. The van der Waals surface area contributed by atoms with Crippen LogP contribution in [0.1, 0.15) is 86.0 Å². The van der Waals surface area contributed by atoms with E-state index in [4.69, 9.17) is 9.47 Å². The molecule has 0 aromatic carbocycles. The van der Waals surface area contributed by atoms with E-state index in [1.807, 2.05) is 0 Å². The molecule has 2 saturated carbocycles. The van der Waals surface area contributed by atoms with Gasteiger partial charge in [-0.2, -0.15) is 0 Å². The summed E-state index contributed by atoms with van der Waals surface area (Å²) in [5.74, 6) is 0.692. The highest BCUT2D eigenvalue weighted by atomic mass is 16.5. The van der Waals surface area contributed by atoms with Gasteiger partial charge in [-0.15, -0.1) is 0 Å². The van der Waals surface area contributed by atoms with Crippen LogP contribution in [0.25, 0.3) is 0 Å². The second-order valence-corrected chi connectivity index (χ2v) is 14.1. The summed E-state index contributed by atoms with van der Waals surface area (Å²) in [6.45, 7) is 12.1. The van der Waals surface area contributed by atoms with Crippen molar-refractivity contribution in [1.82, 2.24) is 4.90 Å². The summed E-state index contributed by atoms with van der Waals surface area (Å²) in [6.07, 6.45) is 8.61. The molecule has 10 unspecified atom stereocenters. The largest absolute Gasteiger partial charge is 0.469 e. The van der Waals surface area contributed by atoms with Gasteiger partial charge < -0.3 is 14.4 Å². The van der Waals surface area contributed by atoms with E-state index in [0.717, 1.165) is 38.6 Å². The number of ketones is 2. The summed E-state index contributed by atoms with van der Waals surface area (Å²) >= 11 is 0. The predicted molar refractivity (Wildman–Crippen MR) is 134 cm³/mol. The zero-order chi connectivity index (χ0) is 25.8. The number of carbonyl (C=O) groups is 3. The fourth-order valence-corrected chi connectivity index (χ4v) is 10.2. The first-order valence-electron chi connectivity index (χ1n) is 14.2. The van der Waals surface area contributed by atoms with Crippen LogP contribution >= 0.6 is 0 Å². The molecule has 6 aliphatic rings.